The summed E-state index contributed by atoms with van der Waals surface area (Å²) in [7, 11) is 0. The number of halogens is 1. The second kappa shape index (κ2) is 9.38. The number of carbonyl (C=O) groups excluding carboxylic acids is 1. The zero-order valence-electron chi connectivity index (χ0n) is 18.3. The van der Waals surface area contributed by atoms with Crippen LogP contribution in [0.2, 0.25) is 5.02 Å². The summed E-state index contributed by atoms with van der Waals surface area (Å²) in [5.74, 6) is 1.16. The number of aryl methyl sites for hydroxylation is 2. The van der Waals surface area contributed by atoms with Crippen molar-refractivity contribution in [2.45, 2.75) is 33.5 Å². The van der Waals surface area contributed by atoms with E-state index in [-0.39, 0.29) is 18.1 Å². The molecule has 33 heavy (non-hydrogen) atoms. The fourth-order valence-corrected chi connectivity index (χ4v) is 3.36. The number of rotatable bonds is 7. The minimum absolute atomic E-state index is 0.00543. The predicted octanol–water partition coefficient (Wildman–Crippen LogP) is 4.54. The lowest BCUT2D eigenvalue weighted by atomic mass is 10.2. The molecule has 4 rings (SSSR count). The van der Waals surface area contributed by atoms with Crippen molar-refractivity contribution in [3.8, 4) is 11.5 Å². The third-order valence-corrected chi connectivity index (χ3v) is 5.01. The summed E-state index contributed by atoms with van der Waals surface area (Å²) < 4.78 is 18.0. The van der Waals surface area contributed by atoms with Gasteiger partial charge in [-0.25, -0.2) is 4.98 Å². The second-order valence-corrected chi connectivity index (χ2v) is 8.02. The van der Waals surface area contributed by atoms with Gasteiger partial charge in [-0.15, -0.1) is 4.57 Å². The van der Waals surface area contributed by atoms with Gasteiger partial charge < -0.3 is 19.3 Å². The van der Waals surface area contributed by atoms with Crippen molar-refractivity contribution < 1.29 is 18.8 Å². The molecule has 0 aliphatic heterocycles. The summed E-state index contributed by atoms with van der Waals surface area (Å²) >= 11 is 6.13. The molecule has 8 nitrogen and oxygen atoms in total. The Morgan fingerprint density at radius 2 is 2.00 bits per heavy atom. The van der Waals surface area contributed by atoms with Gasteiger partial charge in [0.05, 0.1) is 11.4 Å². The van der Waals surface area contributed by atoms with Gasteiger partial charge in [-0.1, -0.05) is 23.7 Å². The highest BCUT2D eigenvalue weighted by Crippen LogP contribution is 2.29. The molecule has 0 radical (unpaired) electrons. The first-order valence-electron chi connectivity index (χ1n) is 10.2. The lowest BCUT2D eigenvalue weighted by molar-refractivity contribution is -0.122. The van der Waals surface area contributed by atoms with Crippen LogP contribution in [0.3, 0.4) is 0 Å². The molecule has 1 atom stereocenters. The third-order valence-electron chi connectivity index (χ3n) is 4.77. The van der Waals surface area contributed by atoms with E-state index < -0.39 is 6.10 Å². The van der Waals surface area contributed by atoms with Crippen molar-refractivity contribution in [2.75, 3.05) is 5.32 Å². The maximum absolute atomic E-state index is 12.7. The first kappa shape index (κ1) is 22.4. The molecule has 170 valence electrons. The number of ether oxygens (including phenoxy) is 2. The summed E-state index contributed by atoms with van der Waals surface area (Å²) in [5, 5.41) is 3.24. The van der Waals surface area contributed by atoms with Gasteiger partial charge in [0.2, 0.25) is 0 Å². The number of amides is 1. The average Bonchev–Trinajstić information content (AvgIpc) is 3.14. The van der Waals surface area contributed by atoms with E-state index in [9.17, 15) is 9.59 Å². The normalized spacial score (nSPS) is 11.9. The van der Waals surface area contributed by atoms with E-state index >= 15 is 0 Å². The molecule has 2 heterocycles. The predicted molar refractivity (Wildman–Crippen MR) is 124 cm³/mol. The van der Waals surface area contributed by atoms with Crippen LogP contribution in [0, 0.1) is 13.8 Å². The Morgan fingerprint density at radius 3 is 2.79 bits per heavy atom. The lowest BCUT2D eigenvalue weighted by Crippen LogP contribution is -2.30. The minimum atomic E-state index is -0.747. The van der Waals surface area contributed by atoms with Gasteiger partial charge in [-0.2, -0.15) is 0 Å². The second-order valence-electron chi connectivity index (χ2n) is 7.58. The Bertz CT molecular complexity index is 1380. The van der Waals surface area contributed by atoms with Crippen LogP contribution in [0.25, 0.3) is 5.65 Å². The third kappa shape index (κ3) is 5.35. The SMILES string of the molecule is Cc1cccc(O[C@@H](C)C(=O)Nc2ccc(Cl)cc2OCc2cc(=O)n3oc(C)cc3n2)c1. The van der Waals surface area contributed by atoms with Crippen LogP contribution in [0.15, 0.2) is 63.9 Å². The summed E-state index contributed by atoms with van der Waals surface area (Å²) in [6.07, 6.45) is -0.747. The van der Waals surface area contributed by atoms with E-state index in [1.807, 2.05) is 25.1 Å². The molecule has 0 spiro atoms. The zero-order valence-corrected chi connectivity index (χ0v) is 19.1. The molecule has 2 aromatic heterocycles. The Kier molecular flexibility index (Phi) is 6.37. The molecule has 9 heteroatoms. The van der Waals surface area contributed by atoms with Gasteiger partial charge in [0, 0.05) is 23.2 Å². The molecule has 0 aliphatic carbocycles. The molecule has 0 unspecified atom stereocenters. The van der Waals surface area contributed by atoms with Gasteiger partial charge in [0.25, 0.3) is 11.5 Å². The number of anilines is 1. The fraction of sp³-hybridized carbons (Fsp3) is 0.208. The van der Waals surface area contributed by atoms with Crippen molar-refractivity contribution in [3.05, 3.63) is 87.0 Å². The highest BCUT2D eigenvalue weighted by molar-refractivity contribution is 6.30. The number of hydrogen-bond acceptors (Lipinski definition) is 6. The number of carbonyl (C=O) groups is 1. The number of nitrogens with zero attached hydrogens (tertiary/aromatic N) is 2. The monoisotopic (exact) mass is 467 g/mol. The van der Waals surface area contributed by atoms with Gasteiger partial charge in [-0.3, -0.25) is 9.59 Å². The van der Waals surface area contributed by atoms with Crippen LogP contribution in [0.4, 0.5) is 5.69 Å². The van der Waals surface area contributed by atoms with Crippen molar-refractivity contribution in [3.63, 3.8) is 0 Å². The van der Waals surface area contributed by atoms with Crippen LogP contribution in [-0.2, 0) is 11.4 Å². The number of nitrogens with one attached hydrogen (secondary N) is 1. The number of benzene rings is 2. The molecule has 1 amide bonds. The maximum atomic E-state index is 12.7. The highest BCUT2D eigenvalue weighted by atomic mass is 35.5. The van der Waals surface area contributed by atoms with Crippen LogP contribution >= 0.6 is 11.6 Å². The Morgan fingerprint density at radius 1 is 1.18 bits per heavy atom. The van der Waals surface area contributed by atoms with E-state index in [1.54, 1.807) is 44.2 Å². The number of hydrogen-bond donors (Lipinski definition) is 1. The molecular weight excluding hydrogens is 446 g/mol. The number of aromatic nitrogens is 2. The van der Waals surface area contributed by atoms with E-state index in [2.05, 4.69) is 10.3 Å². The summed E-state index contributed by atoms with van der Waals surface area (Å²) in [5.41, 5.74) is 1.90. The molecule has 0 fully saturated rings. The van der Waals surface area contributed by atoms with E-state index in [0.717, 1.165) is 10.1 Å². The van der Waals surface area contributed by atoms with Gasteiger partial charge in [0.1, 0.15) is 23.9 Å². The first-order valence-corrected chi connectivity index (χ1v) is 10.6. The average molecular weight is 468 g/mol. The van der Waals surface area contributed by atoms with E-state index in [1.165, 1.54) is 6.07 Å². The summed E-state index contributed by atoms with van der Waals surface area (Å²) in [6.45, 7) is 5.33. The van der Waals surface area contributed by atoms with E-state index in [4.69, 9.17) is 25.6 Å². The molecule has 0 bridgehead atoms. The molecule has 0 aliphatic rings. The van der Waals surface area contributed by atoms with Crippen LogP contribution in [0.1, 0.15) is 23.9 Å². The van der Waals surface area contributed by atoms with Crippen LogP contribution < -0.4 is 20.3 Å². The van der Waals surface area contributed by atoms with Crippen molar-refractivity contribution in [1.82, 2.24) is 9.56 Å². The smallest absolute Gasteiger partial charge is 0.287 e. The minimum Gasteiger partial charge on any atom is -0.485 e. The first-order chi connectivity index (χ1) is 15.8. The van der Waals surface area contributed by atoms with Crippen LogP contribution in [-0.4, -0.2) is 21.6 Å². The lowest BCUT2D eigenvalue weighted by Gasteiger charge is -2.17. The van der Waals surface area contributed by atoms with Crippen molar-refractivity contribution in [2.24, 2.45) is 0 Å². The molecular formula is C24H22ClN3O5. The van der Waals surface area contributed by atoms with Gasteiger partial charge >= 0.3 is 0 Å². The van der Waals surface area contributed by atoms with E-state index in [0.29, 0.717) is 39.3 Å². The quantitative estimate of drug-likeness (QED) is 0.428. The summed E-state index contributed by atoms with van der Waals surface area (Å²) in [4.78, 5) is 29.3. The zero-order chi connectivity index (χ0) is 23.5. The summed E-state index contributed by atoms with van der Waals surface area (Å²) in [6, 6.07) is 15.3. The molecule has 1 N–H and O–H groups in total. The van der Waals surface area contributed by atoms with Crippen LogP contribution in [0.5, 0.6) is 11.5 Å². The molecule has 0 saturated carbocycles. The highest BCUT2D eigenvalue weighted by Gasteiger charge is 2.18. The molecule has 0 saturated heterocycles. The standard InChI is InChI=1S/C24H22ClN3O5/c1-14-5-4-6-19(9-14)32-16(3)24(30)27-20-8-7-17(25)11-21(20)31-13-18-12-23(29)28-22(26-18)10-15(2)33-28/h4-12,16H,13H2,1-3H3,(H,27,30)/t16-/m0/s1. The topological polar surface area (TPSA) is 95.1 Å². The fourth-order valence-electron chi connectivity index (χ4n) is 3.20. The molecule has 2 aromatic carbocycles. The van der Waals surface area contributed by atoms with Crippen molar-refractivity contribution in [1.29, 1.82) is 0 Å². The Hall–Kier alpha value is -3.78. The van der Waals surface area contributed by atoms with Gasteiger partial charge in [-0.05, 0) is 50.6 Å². The Labute approximate surface area is 194 Å². The largest absolute Gasteiger partial charge is 0.485 e. The maximum Gasteiger partial charge on any atom is 0.287 e. The number of fused-ring (bicyclic) bond motifs is 1. The Balaban J connectivity index is 1.48. The molecule has 4 aromatic rings. The van der Waals surface area contributed by atoms with Crippen molar-refractivity contribution >= 4 is 28.8 Å². The van der Waals surface area contributed by atoms with Gasteiger partial charge in [0.15, 0.2) is 11.8 Å².